The predicted molar refractivity (Wildman–Crippen MR) is 93.0 cm³/mol. The van der Waals surface area contributed by atoms with Crippen LogP contribution in [0.25, 0.3) is 0 Å². The second kappa shape index (κ2) is 11.4. The molecule has 49 heavy (non-hydrogen) atoms. The van der Waals surface area contributed by atoms with Crippen LogP contribution < -0.4 is 5.14 Å². The lowest BCUT2D eigenvalue weighted by Crippen LogP contribution is -2.79. The third kappa shape index (κ3) is 5.95. The fraction of sp³-hybridized carbons (Fsp3) is 1.00. The van der Waals surface area contributed by atoms with Crippen molar-refractivity contribution in [2.45, 2.75) is 89.6 Å². The quantitative estimate of drug-likeness (QED) is 0.169. The van der Waals surface area contributed by atoms with E-state index in [1.54, 1.807) is 0 Å². The molecule has 0 aromatic heterocycles. The van der Waals surface area contributed by atoms with Gasteiger partial charge in [0.2, 0.25) is 10.0 Å². The Kier molecular flexibility index (Phi) is 10.9. The second-order valence-electron chi connectivity index (χ2n) is 9.21. The highest BCUT2D eigenvalue weighted by atomic mass is 32.2. The number of rotatable bonds is 15. The Bertz CT molecular complexity index is 1330. The molecule has 0 saturated heterocycles. The summed E-state index contributed by atoms with van der Waals surface area (Å²) in [4.78, 5) is 0. The highest BCUT2D eigenvalue weighted by Crippen LogP contribution is 2.69. The van der Waals surface area contributed by atoms with Crippen LogP contribution in [0.3, 0.4) is 0 Å². The van der Waals surface area contributed by atoms with Crippen LogP contribution in [0, 0.1) is 0 Å². The van der Waals surface area contributed by atoms with Gasteiger partial charge < -0.3 is 0 Å². The Labute approximate surface area is 247 Å². The van der Waals surface area contributed by atoms with Crippen molar-refractivity contribution in [2.24, 2.45) is 5.14 Å². The fourth-order valence-electron chi connectivity index (χ4n) is 2.81. The minimum atomic E-state index is -9.99. The first-order chi connectivity index (χ1) is 20.5. The molecular formula is C16H6F29NO2S. The summed E-state index contributed by atoms with van der Waals surface area (Å²) >= 11 is 0. The number of primary sulfonamides is 1. The molecule has 0 aromatic rings. The van der Waals surface area contributed by atoms with E-state index in [2.05, 4.69) is 5.14 Å². The van der Waals surface area contributed by atoms with Gasteiger partial charge in [0.15, 0.2) is 0 Å². The Morgan fingerprint density at radius 2 is 0.469 bits per heavy atom. The molecule has 0 amide bonds. The Balaban J connectivity index is 7.51. The van der Waals surface area contributed by atoms with Gasteiger partial charge in [0, 0.05) is 6.42 Å². The van der Waals surface area contributed by atoms with Crippen LogP contribution in [0.5, 0.6) is 0 Å². The van der Waals surface area contributed by atoms with E-state index in [9.17, 15) is 136 Å². The highest BCUT2D eigenvalue weighted by molar-refractivity contribution is 7.89. The summed E-state index contributed by atoms with van der Waals surface area (Å²) in [6.45, 7) is 0. The molecule has 0 bridgehead atoms. The molecule has 0 spiro atoms. The van der Waals surface area contributed by atoms with E-state index < -0.39 is 105 Å². The topological polar surface area (TPSA) is 60.2 Å². The van der Waals surface area contributed by atoms with Crippen molar-refractivity contribution < 1.29 is 136 Å². The largest absolute Gasteiger partial charge is 0.460 e. The summed E-state index contributed by atoms with van der Waals surface area (Å²) in [6, 6.07) is 0. The first kappa shape index (κ1) is 46.9. The van der Waals surface area contributed by atoms with Crippen molar-refractivity contribution in [3.63, 3.8) is 0 Å². The molecule has 0 rings (SSSR count). The molecule has 3 nitrogen and oxygen atoms in total. The van der Waals surface area contributed by atoms with Gasteiger partial charge >= 0.3 is 83.2 Å². The first-order valence-electron chi connectivity index (χ1n) is 10.4. The van der Waals surface area contributed by atoms with Gasteiger partial charge in [0.1, 0.15) is 0 Å². The van der Waals surface area contributed by atoms with Crippen LogP contribution in [0.15, 0.2) is 0 Å². The molecule has 0 aliphatic heterocycles. The Morgan fingerprint density at radius 1 is 0.306 bits per heavy atom. The van der Waals surface area contributed by atoms with Crippen molar-refractivity contribution in [1.82, 2.24) is 0 Å². The molecule has 0 saturated carbocycles. The summed E-state index contributed by atoms with van der Waals surface area (Å²) in [6.07, 6.45) is -11.8. The number of halogens is 29. The second-order valence-corrected chi connectivity index (χ2v) is 10.9. The minimum absolute atomic E-state index is 2.74. The molecule has 0 aliphatic rings. The number of sulfonamides is 1. The van der Waals surface area contributed by atoms with Crippen molar-refractivity contribution in [1.29, 1.82) is 0 Å². The van der Waals surface area contributed by atoms with E-state index >= 15 is 0 Å². The maximum atomic E-state index is 13.8. The molecule has 0 aromatic carbocycles. The summed E-state index contributed by atoms with van der Waals surface area (Å²) in [5.74, 6) is -124. The lowest BCUT2D eigenvalue weighted by atomic mass is 9.83. The van der Waals surface area contributed by atoms with Crippen molar-refractivity contribution in [3.05, 3.63) is 0 Å². The van der Waals surface area contributed by atoms with E-state index in [0.29, 0.717) is 0 Å². The average molecular weight is 827 g/mol. The maximum absolute atomic E-state index is 13.8. The average Bonchev–Trinajstić information content (AvgIpc) is 2.84. The van der Waals surface area contributed by atoms with E-state index in [1.807, 2.05) is 0 Å². The van der Waals surface area contributed by atoms with Crippen LogP contribution in [0.1, 0.15) is 6.42 Å². The lowest BCUT2D eigenvalue weighted by Gasteiger charge is -2.46. The molecule has 0 heterocycles. The third-order valence-corrected chi connectivity index (χ3v) is 6.63. The van der Waals surface area contributed by atoms with Crippen molar-refractivity contribution >= 4 is 10.0 Å². The zero-order chi connectivity index (χ0) is 40.9. The molecule has 0 atom stereocenters. The number of hydrogen-bond acceptors (Lipinski definition) is 2. The molecule has 0 unspecified atom stereocenters. The summed E-state index contributed by atoms with van der Waals surface area (Å²) in [5.41, 5.74) is 0. The van der Waals surface area contributed by atoms with Crippen LogP contribution in [0.4, 0.5) is 127 Å². The molecule has 33 heteroatoms. The SMILES string of the molecule is NS(=O)(=O)CCC(F)(F)C(F)(F)C(F)(F)C(F)(F)C(F)(F)C(F)(F)C(F)(F)C(F)(F)C(F)(F)C(F)(F)C(F)(F)C(F)(F)C(F)(F)C(F)(F)F. The van der Waals surface area contributed by atoms with Gasteiger partial charge in [0.05, 0.1) is 5.75 Å². The van der Waals surface area contributed by atoms with Gasteiger partial charge in [0.25, 0.3) is 0 Å². The summed E-state index contributed by atoms with van der Waals surface area (Å²) in [7, 11) is -5.57. The highest BCUT2D eigenvalue weighted by Gasteiger charge is 3.00. The van der Waals surface area contributed by atoms with Gasteiger partial charge in [-0.1, -0.05) is 0 Å². The van der Waals surface area contributed by atoms with E-state index in [1.165, 1.54) is 0 Å². The van der Waals surface area contributed by atoms with Crippen molar-refractivity contribution in [3.8, 4) is 0 Å². The van der Waals surface area contributed by atoms with Gasteiger partial charge in [-0.15, -0.1) is 0 Å². The van der Waals surface area contributed by atoms with Crippen molar-refractivity contribution in [2.75, 3.05) is 5.75 Å². The molecule has 2 N–H and O–H groups in total. The number of hydrogen-bond donors (Lipinski definition) is 1. The minimum Gasteiger partial charge on any atom is -0.229 e. The normalized spacial score (nSPS) is 17.1. The Morgan fingerprint density at radius 3 is 0.633 bits per heavy atom. The van der Waals surface area contributed by atoms with Gasteiger partial charge in [-0.25, -0.2) is 13.6 Å². The van der Waals surface area contributed by atoms with E-state index in [4.69, 9.17) is 0 Å². The number of nitrogens with two attached hydrogens (primary N) is 1. The fourth-order valence-corrected chi connectivity index (χ4v) is 3.35. The zero-order valence-electron chi connectivity index (χ0n) is 21.2. The zero-order valence-corrected chi connectivity index (χ0v) is 22.0. The lowest BCUT2D eigenvalue weighted by molar-refractivity contribution is -0.487. The molecule has 296 valence electrons. The van der Waals surface area contributed by atoms with Crippen LogP contribution in [-0.4, -0.2) is 97.3 Å². The summed E-state index contributed by atoms with van der Waals surface area (Å²) < 4.78 is 409. The predicted octanol–water partition coefficient (Wildman–Crippen LogP) is 8.49. The molecule has 0 aliphatic carbocycles. The maximum Gasteiger partial charge on any atom is 0.460 e. The van der Waals surface area contributed by atoms with Crippen LogP contribution in [-0.2, 0) is 10.0 Å². The van der Waals surface area contributed by atoms with E-state index in [-0.39, 0.29) is 0 Å². The van der Waals surface area contributed by atoms with Crippen LogP contribution in [0.2, 0.25) is 0 Å². The molecular weight excluding hydrogens is 821 g/mol. The van der Waals surface area contributed by atoms with Crippen LogP contribution >= 0.6 is 0 Å². The molecule has 0 fully saturated rings. The monoisotopic (exact) mass is 827 g/mol. The van der Waals surface area contributed by atoms with Gasteiger partial charge in [-0.3, -0.25) is 0 Å². The Hall–Kier alpha value is -2.12. The third-order valence-electron chi connectivity index (χ3n) is 5.85. The summed E-state index contributed by atoms with van der Waals surface area (Å²) in [5, 5.41) is 3.95. The first-order valence-corrected chi connectivity index (χ1v) is 12.2. The molecule has 0 radical (unpaired) electrons. The smallest absolute Gasteiger partial charge is 0.229 e. The van der Waals surface area contributed by atoms with Gasteiger partial charge in [-0.2, -0.15) is 127 Å². The van der Waals surface area contributed by atoms with E-state index in [0.717, 1.165) is 0 Å². The number of alkyl halides is 29. The van der Waals surface area contributed by atoms with Gasteiger partial charge in [-0.05, 0) is 0 Å². The standard InChI is InChI=1S/C16H6F29NO2S/c17-3(18,1-2-49(46,47)48)4(19,20)5(21,22)6(23,24)7(25,26)8(27,28)9(29,30)10(31,32)11(33,34)12(35,36)13(37,38)14(39,40)15(41,42)16(43,44)45/h1-2H2,(H2,46,47,48).